The molecule has 2 amide bonds. The van der Waals surface area contributed by atoms with Gasteiger partial charge in [0, 0.05) is 24.5 Å². The average molecular weight is 251 g/mol. The quantitative estimate of drug-likeness (QED) is 0.697. The van der Waals surface area contributed by atoms with Gasteiger partial charge < -0.3 is 16.0 Å². The molecule has 0 saturated heterocycles. The predicted molar refractivity (Wildman–Crippen MR) is 67.1 cm³/mol. The number of rotatable bonds is 4. The van der Waals surface area contributed by atoms with E-state index in [4.69, 9.17) is 5.73 Å². The van der Waals surface area contributed by atoms with Crippen LogP contribution in [0.25, 0.3) is 0 Å². The van der Waals surface area contributed by atoms with Gasteiger partial charge in [0.1, 0.15) is 5.56 Å². The third-order valence-electron chi connectivity index (χ3n) is 2.66. The van der Waals surface area contributed by atoms with Crippen molar-refractivity contribution in [2.24, 2.45) is 11.1 Å². The van der Waals surface area contributed by atoms with Gasteiger partial charge in [-0.3, -0.25) is 14.4 Å². The number of aromatic nitrogens is 1. The number of nitrogens with two attached hydrogens (primary N) is 1. The highest BCUT2D eigenvalue weighted by molar-refractivity contribution is 5.94. The molecule has 0 bridgehead atoms. The first-order valence-electron chi connectivity index (χ1n) is 5.51. The SMILES string of the molecule is Cc1cc(=O)c(C(=O)NCC(C)(C)C(N)=O)c[nH]1. The van der Waals surface area contributed by atoms with Gasteiger partial charge in [-0.25, -0.2) is 0 Å². The lowest BCUT2D eigenvalue weighted by Gasteiger charge is -2.20. The fraction of sp³-hybridized carbons (Fsp3) is 0.417. The molecule has 1 rings (SSSR count). The summed E-state index contributed by atoms with van der Waals surface area (Å²) in [6.07, 6.45) is 1.35. The van der Waals surface area contributed by atoms with E-state index >= 15 is 0 Å². The van der Waals surface area contributed by atoms with Gasteiger partial charge in [0.15, 0.2) is 5.43 Å². The Labute approximate surface area is 105 Å². The summed E-state index contributed by atoms with van der Waals surface area (Å²) in [7, 11) is 0. The maximum absolute atomic E-state index is 11.8. The minimum absolute atomic E-state index is 0.0147. The molecule has 0 aliphatic carbocycles. The van der Waals surface area contributed by atoms with E-state index in [-0.39, 0.29) is 17.5 Å². The van der Waals surface area contributed by atoms with Crippen LogP contribution >= 0.6 is 0 Å². The molecule has 0 fully saturated rings. The van der Waals surface area contributed by atoms with E-state index in [1.807, 2.05) is 0 Å². The van der Waals surface area contributed by atoms with Gasteiger partial charge in [-0.15, -0.1) is 0 Å². The lowest BCUT2D eigenvalue weighted by Crippen LogP contribution is -2.43. The molecular formula is C12H17N3O3. The Morgan fingerprint density at radius 2 is 2.06 bits per heavy atom. The number of H-pyrrole nitrogens is 1. The van der Waals surface area contributed by atoms with Crippen LogP contribution in [0.3, 0.4) is 0 Å². The molecule has 18 heavy (non-hydrogen) atoms. The topological polar surface area (TPSA) is 105 Å². The standard InChI is InChI=1S/C12H17N3O3/c1-7-4-9(16)8(5-14-7)10(17)15-6-12(2,3)11(13)18/h4-5H,6H2,1-3H3,(H2,13,18)(H,14,16)(H,15,17). The molecule has 6 nitrogen and oxygen atoms in total. The molecule has 0 aliphatic heterocycles. The number of nitrogens with one attached hydrogen (secondary N) is 2. The number of aryl methyl sites for hydroxylation is 1. The van der Waals surface area contributed by atoms with Gasteiger partial charge in [-0.05, 0) is 20.8 Å². The van der Waals surface area contributed by atoms with Gasteiger partial charge >= 0.3 is 0 Å². The summed E-state index contributed by atoms with van der Waals surface area (Å²) in [6, 6.07) is 1.34. The van der Waals surface area contributed by atoms with Crippen molar-refractivity contribution < 1.29 is 9.59 Å². The molecule has 1 aromatic rings. The summed E-state index contributed by atoms with van der Waals surface area (Å²) in [5.41, 5.74) is 4.66. The first-order valence-corrected chi connectivity index (χ1v) is 5.51. The number of hydrogen-bond acceptors (Lipinski definition) is 3. The zero-order valence-corrected chi connectivity index (χ0v) is 10.7. The molecule has 0 aliphatic rings. The summed E-state index contributed by atoms with van der Waals surface area (Å²) < 4.78 is 0. The van der Waals surface area contributed by atoms with Crippen LogP contribution in [0.2, 0.25) is 0 Å². The van der Waals surface area contributed by atoms with Crippen LogP contribution in [0.1, 0.15) is 29.9 Å². The molecule has 0 saturated carbocycles. The summed E-state index contributed by atoms with van der Waals surface area (Å²) >= 11 is 0. The number of aromatic amines is 1. The zero-order chi connectivity index (χ0) is 13.9. The van der Waals surface area contributed by atoms with Gasteiger partial charge in [-0.1, -0.05) is 0 Å². The highest BCUT2D eigenvalue weighted by atomic mass is 16.2. The molecule has 0 spiro atoms. The van der Waals surface area contributed by atoms with Crippen LogP contribution in [-0.2, 0) is 4.79 Å². The van der Waals surface area contributed by atoms with E-state index in [1.165, 1.54) is 12.3 Å². The monoisotopic (exact) mass is 251 g/mol. The van der Waals surface area contributed by atoms with E-state index in [9.17, 15) is 14.4 Å². The van der Waals surface area contributed by atoms with Crippen LogP contribution in [0.15, 0.2) is 17.1 Å². The Morgan fingerprint density at radius 1 is 1.44 bits per heavy atom. The lowest BCUT2D eigenvalue weighted by atomic mass is 9.93. The fourth-order valence-electron chi connectivity index (χ4n) is 1.23. The summed E-state index contributed by atoms with van der Waals surface area (Å²) in [5, 5.41) is 2.52. The van der Waals surface area contributed by atoms with Gasteiger partial charge in [0.2, 0.25) is 5.91 Å². The fourth-order valence-corrected chi connectivity index (χ4v) is 1.23. The predicted octanol–water partition coefficient (Wildman–Crippen LogP) is -0.0754. The molecular weight excluding hydrogens is 234 g/mol. The molecule has 1 aromatic heterocycles. The minimum atomic E-state index is -0.854. The maximum atomic E-state index is 11.8. The van der Waals surface area contributed by atoms with Gasteiger partial charge in [-0.2, -0.15) is 0 Å². The van der Waals surface area contributed by atoms with Crippen molar-refractivity contribution in [2.75, 3.05) is 6.54 Å². The third kappa shape index (κ3) is 3.19. The molecule has 4 N–H and O–H groups in total. The third-order valence-corrected chi connectivity index (χ3v) is 2.66. The highest BCUT2D eigenvalue weighted by Gasteiger charge is 2.25. The van der Waals surface area contributed by atoms with Crippen LogP contribution < -0.4 is 16.5 Å². The highest BCUT2D eigenvalue weighted by Crippen LogP contribution is 2.11. The smallest absolute Gasteiger partial charge is 0.256 e. The van der Waals surface area contributed by atoms with Crippen molar-refractivity contribution in [3.63, 3.8) is 0 Å². The largest absolute Gasteiger partial charge is 0.369 e. The average Bonchev–Trinajstić information content (AvgIpc) is 2.25. The molecule has 98 valence electrons. The molecule has 6 heteroatoms. The van der Waals surface area contributed by atoms with Gasteiger partial charge in [0.05, 0.1) is 5.41 Å². The van der Waals surface area contributed by atoms with E-state index in [2.05, 4.69) is 10.3 Å². The Hall–Kier alpha value is -2.11. The van der Waals surface area contributed by atoms with Crippen molar-refractivity contribution >= 4 is 11.8 Å². The zero-order valence-electron chi connectivity index (χ0n) is 10.7. The maximum Gasteiger partial charge on any atom is 0.256 e. The van der Waals surface area contributed by atoms with Crippen molar-refractivity contribution in [1.82, 2.24) is 10.3 Å². The number of carbonyl (C=O) groups is 2. The van der Waals surface area contributed by atoms with E-state index in [1.54, 1.807) is 20.8 Å². The van der Waals surface area contributed by atoms with Crippen molar-refractivity contribution in [2.45, 2.75) is 20.8 Å². The molecule has 0 unspecified atom stereocenters. The number of pyridine rings is 1. The van der Waals surface area contributed by atoms with Crippen molar-refractivity contribution in [3.05, 3.63) is 33.7 Å². The Kier molecular flexibility index (Phi) is 3.90. The van der Waals surface area contributed by atoms with Crippen LogP contribution in [-0.4, -0.2) is 23.3 Å². The summed E-state index contributed by atoms with van der Waals surface area (Å²) in [4.78, 5) is 37.2. The molecule has 0 atom stereocenters. The van der Waals surface area contributed by atoms with Gasteiger partial charge in [0.25, 0.3) is 5.91 Å². The normalized spacial score (nSPS) is 11.1. The van der Waals surface area contributed by atoms with E-state index < -0.39 is 17.2 Å². The first kappa shape index (κ1) is 14.0. The van der Waals surface area contributed by atoms with E-state index in [0.717, 1.165) is 0 Å². The number of amides is 2. The van der Waals surface area contributed by atoms with E-state index in [0.29, 0.717) is 5.69 Å². The second kappa shape index (κ2) is 5.03. The van der Waals surface area contributed by atoms with Crippen molar-refractivity contribution in [1.29, 1.82) is 0 Å². The summed E-state index contributed by atoms with van der Waals surface area (Å²) in [5.74, 6) is -1.04. The second-order valence-corrected chi connectivity index (χ2v) is 4.82. The lowest BCUT2D eigenvalue weighted by molar-refractivity contribution is -0.125. The van der Waals surface area contributed by atoms with Crippen LogP contribution in [0, 0.1) is 12.3 Å². The van der Waals surface area contributed by atoms with Crippen LogP contribution in [0.5, 0.6) is 0 Å². The first-order chi connectivity index (χ1) is 8.24. The number of carbonyl (C=O) groups excluding carboxylic acids is 2. The minimum Gasteiger partial charge on any atom is -0.369 e. The molecule has 0 radical (unpaired) electrons. The molecule has 0 aromatic carbocycles. The Morgan fingerprint density at radius 3 is 2.56 bits per heavy atom. The molecule has 1 heterocycles. The summed E-state index contributed by atoms with van der Waals surface area (Å²) in [6.45, 7) is 5.04. The number of hydrogen-bond donors (Lipinski definition) is 3. The second-order valence-electron chi connectivity index (χ2n) is 4.82. The van der Waals surface area contributed by atoms with Crippen molar-refractivity contribution in [3.8, 4) is 0 Å². The Balaban J connectivity index is 2.78. The van der Waals surface area contributed by atoms with Crippen LogP contribution in [0.4, 0.5) is 0 Å². The number of primary amides is 1. The Bertz CT molecular complexity index is 532.